The molecule has 0 aromatic heterocycles. The van der Waals surface area contributed by atoms with Crippen LogP contribution in [0.2, 0.25) is 0 Å². The molecule has 0 saturated carbocycles. The lowest BCUT2D eigenvalue weighted by molar-refractivity contribution is 0.609. The van der Waals surface area contributed by atoms with Gasteiger partial charge in [0.25, 0.3) is 0 Å². The molecule has 0 amide bonds. The number of hydrogen-bond acceptors (Lipinski definition) is 3. The monoisotopic (exact) mass is 283 g/mol. The van der Waals surface area contributed by atoms with E-state index in [1.54, 1.807) is 18.2 Å². The molecular formula is C16H13NO2S. The smallest absolute Gasteiger partial charge is 0.185 e. The number of benzene rings is 2. The van der Waals surface area contributed by atoms with Crippen LogP contribution in [0.1, 0.15) is 5.56 Å². The molecule has 3 nitrogen and oxygen atoms in total. The van der Waals surface area contributed by atoms with Crippen LogP contribution in [0.15, 0.2) is 59.5 Å². The maximum atomic E-state index is 11.4. The standard InChI is InChI=1S/C16H13NO2S/c1-20(18,19)16(12-17)11-13-7-9-15(10-8-13)14-5-3-2-4-6-14/h2-11H,1H3. The fourth-order valence-corrected chi connectivity index (χ4v) is 2.29. The summed E-state index contributed by atoms with van der Waals surface area (Å²) in [4.78, 5) is -0.232. The van der Waals surface area contributed by atoms with Gasteiger partial charge in [0.15, 0.2) is 9.84 Å². The van der Waals surface area contributed by atoms with Gasteiger partial charge in [-0.2, -0.15) is 5.26 Å². The van der Waals surface area contributed by atoms with E-state index in [2.05, 4.69) is 0 Å². The maximum absolute atomic E-state index is 11.4. The van der Waals surface area contributed by atoms with Crippen molar-refractivity contribution in [1.29, 1.82) is 5.26 Å². The Hall–Kier alpha value is -2.38. The Bertz CT molecular complexity index is 767. The first-order valence-electron chi connectivity index (χ1n) is 5.98. The van der Waals surface area contributed by atoms with Gasteiger partial charge in [0.05, 0.1) is 0 Å². The van der Waals surface area contributed by atoms with Crippen molar-refractivity contribution in [2.75, 3.05) is 6.26 Å². The largest absolute Gasteiger partial charge is 0.223 e. The number of nitrogens with zero attached hydrogens (tertiary/aromatic N) is 1. The second-order valence-electron chi connectivity index (χ2n) is 4.38. The number of sulfone groups is 1. The van der Waals surface area contributed by atoms with Gasteiger partial charge in [-0.15, -0.1) is 0 Å². The molecule has 2 rings (SSSR count). The molecule has 0 N–H and O–H groups in total. The molecule has 0 bridgehead atoms. The average Bonchev–Trinajstić information content (AvgIpc) is 2.45. The van der Waals surface area contributed by atoms with Gasteiger partial charge in [-0.1, -0.05) is 54.6 Å². The van der Waals surface area contributed by atoms with E-state index in [9.17, 15) is 8.42 Å². The fraction of sp³-hybridized carbons (Fsp3) is 0.0625. The molecule has 0 spiro atoms. The molecule has 0 unspecified atom stereocenters. The van der Waals surface area contributed by atoms with E-state index in [0.717, 1.165) is 17.4 Å². The minimum absolute atomic E-state index is 0.232. The highest BCUT2D eigenvalue weighted by Crippen LogP contribution is 2.20. The average molecular weight is 283 g/mol. The normalized spacial score (nSPS) is 11.9. The summed E-state index contributed by atoms with van der Waals surface area (Å²) in [5, 5.41) is 8.86. The van der Waals surface area contributed by atoms with Crippen molar-refractivity contribution >= 4 is 15.9 Å². The molecule has 0 fully saturated rings. The number of rotatable bonds is 3. The Labute approximate surface area is 118 Å². The first kappa shape index (κ1) is 14.0. The third-order valence-electron chi connectivity index (χ3n) is 2.83. The summed E-state index contributed by atoms with van der Waals surface area (Å²) in [5.41, 5.74) is 2.82. The molecule has 0 saturated heterocycles. The molecule has 0 aliphatic carbocycles. The van der Waals surface area contributed by atoms with Crippen LogP contribution in [0.3, 0.4) is 0 Å². The summed E-state index contributed by atoms with van der Waals surface area (Å²) in [6.07, 6.45) is 2.41. The Morgan fingerprint density at radius 3 is 2.05 bits per heavy atom. The highest BCUT2D eigenvalue weighted by atomic mass is 32.2. The van der Waals surface area contributed by atoms with Crippen LogP contribution in [0, 0.1) is 11.3 Å². The van der Waals surface area contributed by atoms with Crippen LogP contribution in [0.25, 0.3) is 17.2 Å². The molecule has 2 aromatic rings. The number of nitriles is 1. The summed E-state index contributed by atoms with van der Waals surface area (Å²) in [5.74, 6) is 0. The second kappa shape index (κ2) is 5.72. The summed E-state index contributed by atoms with van der Waals surface area (Å²) >= 11 is 0. The van der Waals surface area contributed by atoms with Gasteiger partial charge in [0.1, 0.15) is 11.0 Å². The summed E-state index contributed by atoms with van der Waals surface area (Å²) in [6, 6.07) is 19.0. The van der Waals surface area contributed by atoms with Crippen molar-refractivity contribution in [1.82, 2.24) is 0 Å². The van der Waals surface area contributed by atoms with E-state index in [-0.39, 0.29) is 4.91 Å². The zero-order chi connectivity index (χ0) is 14.6. The predicted molar refractivity (Wildman–Crippen MR) is 80.3 cm³/mol. The van der Waals surface area contributed by atoms with E-state index >= 15 is 0 Å². The highest BCUT2D eigenvalue weighted by Gasteiger charge is 2.10. The molecule has 0 atom stereocenters. The Morgan fingerprint density at radius 1 is 1.00 bits per heavy atom. The van der Waals surface area contributed by atoms with Crippen molar-refractivity contribution in [3.63, 3.8) is 0 Å². The number of allylic oxidation sites excluding steroid dienone is 1. The van der Waals surface area contributed by atoms with E-state index in [0.29, 0.717) is 5.56 Å². The first-order valence-corrected chi connectivity index (χ1v) is 7.87. The molecule has 0 aliphatic heterocycles. The minimum Gasteiger partial charge on any atom is -0.223 e. The van der Waals surface area contributed by atoms with Gasteiger partial charge in [0.2, 0.25) is 0 Å². The van der Waals surface area contributed by atoms with Crippen LogP contribution in [0.5, 0.6) is 0 Å². The molecule has 2 aromatic carbocycles. The lowest BCUT2D eigenvalue weighted by Crippen LogP contribution is -1.98. The molecule has 20 heavy (non-hydrogen) atoms. The first-order chi connectivity index (χ1) is 9.50. The van der Waals surface area contributed by atoms with Crippen molar-refractivity contribution in [3.8, 4) is 17.2 Å². The maximum Gasteiger partial charge on any atom is 0.185 e. The van der Waals surface area contributed by atoms with Crippen LogP contribution in [-0.2, 0) is 9.84 Å². The van der Waals surface area contributed by atoms with Gasteiger partial charge in [0, 0.05) is 6.26 Å². The lowest BCUT2D eigenvalue weighted by Gasteiger charge is -2.02. The second-order valence-corrected chi connectivity index (χ2v) is 6.36. The topological polar surface area (TPSA) is 57.9 Å². The zero-order valence-corrected chi connectivity index (χ0v) is 11.8. The van der Waals surface area contributed by atoms with Gasteiger partial charge in [-0.05, 0) is 22.8 Å². The summed E-state index contributed by atoms with van der Waals surface area (Å²) in [6.45, 7) is 0. The Morgan fingerprint density at radius 2 is 1.55 bits per heavy atom. The van der Waals surface area contributed by atoms with E-state index in [4.69, 9.17) is 5.26 Å². The van der Waals surface area contributed by atoms with E-state index < -0.39 is 9.84 Å². The van der Waals surface area contributed by atoms with Gasteiger partial charge in [-0.25, -0.2) is 8.42 Å². The Balaban J connectivity index is 2.35. The summed E-state index contributed by atoms with van der Waals surface area (Å²) in [7, 11) is -3.48. The quantitative estimate of drug-likeness (QED) is 0.812. The van der Waals surface area contributed by atoms with Crippen LogP contribution < -0.4 is 0 Å². The Kier molecular flexibility index (Phi) is 4.02. The third kappa shape index (κ3) is 3.34. The zero-order valence-electron chi connectivity index (χ0n) is 10.9. The van der Waals surface area contributed by atoms with Crippen LogP contribution in [0.4, 0.5) is 0 Å². The van der Waals surface area contributed by atoms with Crippen LogP contribution in [-0.4, -0.2) is 14.7 Å². The predicted octanol–water partition coefficient (Wildman–Crippen LogP) is 3.26. The van der Waals surface area contributed by atoms with Crippen LogP contribution >= 0.6 is 0 Å². The molecule has 100 valence electrons. The van der Waals surface area contributed by atoms with Gasteiger partial charge >= 0.3 is 0 Å². The molecule has 0 aliphatic rings. The van der Waals surface area contributed by atoms with E-state index in [1.165, 1.54) is 6.08 Å². The molecule has 0 heterocycles. The summed E-state index contributed by atoms with van der Waals surface area (Å²) < 4.78 is 22.7. The molecular weight excluding hydrogens is 270 g/mol. The van der Waals surface area contributed by atoms with Crippen molar-refractivity contribution < 1.29 is 8.42 Å². The van der Waals surface area contributed by atoms with Gasteiger partial charge in [-0.3, -0.25) is 0 Å². The SMILES string of the molecule is CS(=O)(=O)C(C#N)=Cc1ccc(-c2ccccc2)cc1. The molecule has 4 heteroatoms. The van der Waals surface area contributed by atoms with Crippen molar-refractivity contribution in [3.05, 3.63) is 65.1 Å². The number of hydrogen-bond donors (Lipinski definition) is 0. The minimum atomic E-state index is -3.48. The van der Waals surface area contributed by atoms with Crippen molar-refractivity contribution in [2.45, 2.75) is 0 Å². The lowest BCUT2D eigenvalue weighted by atomic mass is 10.0. The highest BCUT2D eigenvalue weighted by molar-refractivity contribution is 7.95. The van der Waals surface area contributed by atoms with E-state index in [1.807, 2.05) is 42.5 Å². The fourth-order valence-electron chi connectivity index (χ4n) is 1.78. The third-order valence-corrected chi connectivity index (χ3v) is 3.83. The molecule has 0 radical (unpaired) electrons. The van der Waals surface area contributed by atoms with Crippen molar-refractivity contribution in [2.24, 2.45) is 0 Å². The van der Waals surface area contributed by atoms with Gasteiger partial charge < -0.3 is 0 Å².